The lowest BCUT2D eigenvalue weighted by atomic mass is 10.1. The van der Waals surface area contributed by atoms with Crippen LogP contribution in [-0.4, -0.2) is 15.5 Å². The van der Waals surface area contributed by atoms with E-state index < -0.39 is 11.3 Å². The molecule has 1 heterocycles. The second-order valence-corrected chi connectivity index (χ2v) is 6.76. The van der Waals surface area contributed by atoms with E-state index in [9.17, 15) is 14.7 Å². The Labute approximate surface area is 158 Å². The van der Waals surface area contributed by atoms with Crippen LogP contribution in [0.5, 0.6) is 5.75 Å². The van der Waals surface area contributed by atoms with Crippen LogP contribution in [0.1, 0.15) is 17.3 Å². The SMILES string of the molecule is CC(=CC(=O)c1c(O)c2ccccc2n(C)c1=O)Nc1ccccc1Br. The number of hydrogen-bond acceptors (Lipinski definition) is 4. The molecule has 26 heavy (non-hydrogen) atoms. The van der Waals surface area contributed by atoms with Crippen LogP contribution >= 0.6 is 15.9 Å². The zero-order valence-electron chi connectivity index (χ0n) is 14.3. The summed E-state index contributed by atoms with van der Waals surface area (Å²) in [5.41, 5.74) is 1.15. The molecular formula is C20H17BrN2O3. The van der Waals surface area contributed by atoms with E-state index in [4.69, 9.17) is 0 Å². The molecule has 0 amide bonds. The molecule has 3 aromatic rings. The minimum Gasteiger partial charge on any atom is -0.506 e. The summed E-state index contributed by atoms with van der Waals surface area (Å²) in [6.45, 7) is 1.72. The van der Waals surface area contributed by atoms with Crippen molar-refractivity contribution in [2.24, 2.45) is 7.05 Å². The number of fused-ring (bicyclic) bond motifs is 1. The van der Waals surface area contributed by atoms with Crippen molar-refractivity contribution in [2.45, 2.75) is 6.92 Å². The van der Waals surface area contributed by atoms with Gasteiger partial charge in [-0.2, -0.15) is 0 Å². The molecule has 0 unspecified atom stereocenters. The van der Waals surface area contributed by atoms with E-state index in [1.54, 1.807) is 38.2 Å². The molecule has 0 atom stereocenters. The van der Waals surface area contributed by atoms with Crippen molar-refractivity contribution in [3.05, 3.63) is 80.7 Å². The van der Waals surface area contributed by atoms with Crippen LogP contribution in [-0.2, 0) is 7.05 Å². The van der Waals surface area contributed by atoms with E-state index in [1.807, 2.05) is 24.3 Å². The highest BCUT2D eigenvalue weighted by molar-refractivity contribution is 9.10. The molecule has 5 nitrogen and oxygen atoms in total. The highest BCUT2D eigenvalue weighted by Gasteiger charge is 2.19. The third-order valence-corrected chi connectivity index (χ3v) is 4.77. The van der Waals surface area contributed by atoms with Gasteiger partial charge in [-0.1, -0.05) is 24.3 Å². The smallest absolute Gasteiger partial charge is 0.265 e. The van der Waals surface area contributed by atoms with Crippen LogP contribution in [0.2, 0.25) is 0 Å². The van der Waals surface area contributed by atoms with Gasteiger partial charge in [0.05, 0.1) is 11.2 Å². The van der Waals surface area contributed by atoms with Crippen molar-refractivity contribution in [1.82, 2.24) is 4.57 Å². The van der Waals surface area contributed by atoms with Crippen LogP contribution in [0, 0.1) is 0 Å². The Kier molecular flexibility index (Phi) is 4.95. The number of aromatic nitrogens is 1. The first-order valence-electron chi connectivity index (χ1n) is 7.95. The van der Waals surface area contributed by atoms with E-state index in [-0.39, 0.29) is 11.3 Å². The zero-order valence-corrected chi connectivity index (χ0v) is 15.9. The number of halogens is 1. The number of aromatic hydroxyl groups is 1. The Morgan fingerprint density at radius 3 is 2.54 bits per heavy atom. The largest absolute Gasteiger partial charge is 0.506 e. The Morgan fingerprint density at radius 2 is 1.81 bits per heavy atom. The van der Waals surface area contributed by atoms with Crippen LogP contribution in [0.25, 0.3) is 10.9 Å². The number of hydrogen-bond donors (Lipinski definition) is 2. The summed E-state index contributed by atoms with van der Waals surface area (Å²) < 4.78 is 2.22. The lowest BCUT2D eigenvalue weighted by Gasteiger charge is -2.11. The third kappa shape index (κ3) is 3.28. The number of nitrogens with one attached hydrogen (secondary N) is 1. The number of nitrogens with zero attached hydrogens (tertiary/aromatic N) is 1. The fourth-order valence-electron chi connectivity index (χ4n) is 2.78. The first-order chi connectivity index (χ1) is 12.4. The van der Waals surface area contributed by atoms with E-state index in [0.717, 1.165) is 10.2 Å². The average Bonchev–Trinajstić information content (AvgIpc) is 2.62. The predicted molar refractivity (Wildman–Crippen MR) is 107 cm³/mol. The van der Waals surface area contributed by atoms with Gasteiger partial charge in [-0.3, -0.25) is 9.59 Å². The normalized spacial score (nSPS) is 11.6. The molecule has 3 rings (SSSR count). The van der Waals surface area contributed by atoms with Gasteiger partial charge in [-0.15, -0.1) is 0 Å². The Bertz CT molecular complexity index is 1100. The van der Waals surface area contributed by atoms with Crippen LogP contribution in [0.3, 0.4) is 0 Å². The van der Waals surface area contributed by atoms with Crippen molar-refractivity contribution < 1.29 is 9.90 Å². The zero-order chi connectivity index (χ0) is 18.8. The number of carbonyl (C=O) groups excluding carboxylic acids is 1. The number of benzene rings is 2. The van der Waals surface area contributed by atoms with E-state index >= 15 is 0 Å². The second-order valence-electron chi connectivity index (χ2n) is 5.90. The number of carbonyl (C=O) groups is 1. The second kappa shape index (κ2) is 7.17. The molecule has 0 aliphatic rings. The van der Waals surface area contributed by atoms with Crippen molar-refractivity contribution in [2.75, 3.05) is 5.32 Å². The molecular weight excluding hydrogens is 396 g/mol. The van der Waals surface area contributed by atoms with Crippen molar-refractivity contribution in [1.29, 1.82) is 0 Å². The van der Waals surface area contributed by atoms with Gasteiger partial charge < -0.3 is 15.0 Å². The number of para-hydroxylation sites is 2. The van der Waals surface area contributed by atoms with Gasteiger partial charge in [-0.05, 0) is 47.1 Å². The fraction of sp³-hybridized carbons (Fsp3) is 0.100. The Morgan fingerprint density at radius 1 is 1.15 bits per heavy atom. The lowest BCUT2D eigenvalue weighted by molar-refractivity contribution is 0.104. The summed E-state index contributed by atoms with van der Waals surface area (Å²) in [6.07, 6.45) is 1.31. The monoisotopic (exact) mass is 412 g/mol. The van der Waals surface area contributed by atoms with Crippen molar-refractivity contribution >= 4 is 38.3 Å². The molecule has 0 fully saturated rings. The van der Waals surface area contributed by atoms with Gasteiger partial charge in [0.2, 0.25) is 0 Å². The van der Waals surface area contributed by atoms with E-state index in [2.05, 4.69) is 21.2 Å². The topological polar surface area (TPSA) is 71.3 Å². The molecule has 0 aliphatic heterocycles. The number of ketones is 1. The molecule has 0 aliphatic carbocycles. The summed E-state index contributed by atoms with van der Waals surface area (Å²) in [6, 6.07) is 14.4. The fourth-order valence-corrected chi connectivity index (χ4v) is 3.17. The standard InChI is InChI=1S/C20H17BrN2O3/c1-12(22-15-9-5-4-8-14(15)21)11-17(24)18-19(25)13-7-3-6-10-16(13)23(2)20(18)26/h3-11,22,25H,1-2H3. The summed E-state index contributed by atoms with van der Waals surface area (Å²) in [5.74, 6) is -0.843. The molecule has 0 spiro atoms. The molecule has 1 aromatic heterocycles. The van der Waals surface area contributed by atoms with Gasteiger partial charge >= 0.3 is 0 Å². The van der Waals surface area contributed by atoms with Gasteiger partial charge in [0.1, 0.15) is 11.3 Å². The van der Waals surface area contributed by atoms with Crippen molar-refractivity contribution in [3.8, 4) is 5.75 Å². The maximum atomic E-state index is 12.7. The van der Waals surface area contributed by atoms with Crippen LogP contribution < -0.4 is 10.9 Å². The molecule has 2 aromatic carbocycles. The molecule has 0 saturated heterocycles. The summed E-state index contributed by atoms with van der Waals surface area (Å²) in [7, 11) is 1.58. The molecule has 0 saturated carbocycles. The number of anilines is 1. The first-order valence-corrected chi connectivity index (χ1v) is 8.74. The van der Waals surface area contributed by atoms with Gasteiger partial charge in [0, 0.05) is 28.7 Å². The predicted octanol–water partition coefficient (Wildman–Crippen LogP) is 4.21. The number of pyridine rings is 1. The lowest BCUT2D eigenvalue weighted by Crippen LogP contribution is -2.24. The van der Waals surface area contributed by atoms with Gasteiger partial charge in [0.25, 0.3) is 5.56 Å². The van der Waals surface area contributed by atoms with Gasteiger partial charge in [0.15, 0.2) is 5.78 Å². The minimum atomic E-state index is -0.550. The summed E-state index contributed by atoms with van der Waals surface area (Å²) >= 11 is 3.43. The minimum absolute atomic E-state index is 0.237. The molecule has 6 heteroatoms. The van der Waals surface area contributed by atoms with Crippen LogP contribution in [0.4, 0.5) is 5.69 Å². The number of aryl methyl sites for hydroxylation is 1. The van der Waals surface area contributed by atoms with Gasteiger partial charge in [-0.25, -0.2) is 0 Å². The summed E-state index contributed by atoms with van der Waals surface area (Å²) in [4.78, 5) is 25.2. The highest BCUT2D eigenvalue weighted by Crippen LogP contribution is 2.27. The molecule has 2 N–H and O–H groups in total. The highest BCUT2D eigenvalue weighted by atomic mass is 79.9. The van der Waals surface area contributed by atoms with E-state index in [0.29, 0.717) is 16.6 Å². The Balaban J connectivity index is 2.03. The first kappa shape index (κ1) is 17.9. The van der Waals surface area contributed by atoms with Crippen molar-refractivity contribution in [3.63, 3.8) is 0 Å². The number of allylic oxidation sites excluding steroid dienone is 2. The Hall–Kier alpha value is -2.86. The van der Waals surface area contributed by atoms with E-state index in [1.165, 1.54) is 10.6 Å². The summed E-state index contributed by atoms with van der Waals surface area (Å²) in [5, 5.41) is 14.0. The maximum Gasteiger partial charge on any atom is 0.265 e. The average molecular weight is 413 g/mol. The number of rotatable bonds is 4. The van der Waals surface area contributed by atoms with Crippen LogP contribution in [0.15, 0.2) is 69.6 Å². The maximum absolute atomic E-state index is 12.7. The molecule has 0 radical (unpaired) electrons. The molecule has 132 valence electrons. The third-order valence-electron chi connectivity index (χ3n) is 4.08. The molecule has 0 bridgehead atoms. The quantitative estimate of drug-likeness (QED) is 0.497.